The van der Waals surface area contributed by atoms with Crippen LogP contribution in [0.5, 0.6) is 0 Å². The van der Waals surface area contributed by atoms with E-state index >= 15 is 0 Å². The van der Waals surface area contributed by atoms with E-state index in [1.165, 1.54) is 12.8 Å². The highest BCUT2D eigenvalue weighted by molar-refractivity contribution is 5.72. The van der Waals surface area contributed by atoms with Gasteiger partial charge < -0.3 is 9.84 Å². The second-order valence-corrected chi connectivity index (χ2v) is 4.01. The molecule has 0 amide bonds. The Morgan fingerprint density at radius 3 is 2.60 bits per heavy atom. The molecular formula is C11H21NO3. The van der Waals surface area contributed by atoms with Gasteiger partial charge in [0.2, 0.25) is 0 Å². The summed E-state index contributed by atoms with van der Waals surface area (Å²) in [4.78, 5) is 13.2. The maximum absolute atomic E-state index is 10.9. The molecule has 0 aromatic carbocycles. The van der Waals surface area contributed by atoms with Crippen molar-refractivity contribution in [3.05, 3.63) is 0 Å². The zero-order valence-electron chi connectivity index (χ0n) is 9.61. The van der Waals surface area contributed by atoms with Gasteiger partial charge in [-0.25, -0.2) is 4.79 Å². The number of hydrogen-bond donors (Lipinski definition) is 1. The molecule has 1 aliphatic rings. The molecule has 0 aliphatic heterocycles. The summed E-state index contributed by atoms with van der Waals surface area (Å²) in [6.45, 7) is 5.91. The van der Waals surface area contributed by atoms with Gasteiger partial charge in [-0.2, -0.15) is 0 Å². The Labute approximate surface area is 91.2 Å². The van der Waals surface area contributed by atoms with Gasteiger partial charge in [0.25, 0.3) is 0 Å². The molecule has 0 radical (unpaired) electrons. The third-order valence-corrected chi connectivity index (χ3v) is 2.62. The lowest BCUT2D eigenvalue weighted by Gasteiger charge is -2.24. The van der Waals surface area contributed by atoms with E-state index in [1.807, 2.05) is 6.92 Å². The summed E-state index contributed by atoms with van der Waals surface area (Å²) in [7, 11) is 0. The summed E-state index contributed by atoms with van der Waals surface area (Å²) < 4.78 is 5.22. The predicted octanol–water partition coefficient (Wildman–Crippen LogP) is 1.35. The fraction of sp³-hybridized carbons (Fsp3) is 0.909. The summed E-state index contributed by atoms with van der Waals surface area (Å²) in [6.07, 6.45) is 2.81. The molecule has 4 heteroatoms. The van der Waals surface area contributed by atoms with Crippen molar-refractivity contribution < 1.29 is 14.6 Å². The van der Waals surface area contributed by atoms with Crippen LogP contribution in [-0.4, -0.2) is 47.8 Å². The number of ether oxygens (including phenoxy) is 1. The summed E-state index contributed by atoms with van der Waals surface area (Å²) >= 11 is 0. The van der Waals surface area contributed by atoms with Gasteiger partial charge in [0.1, 0.15) is 0 Å². The number of rotatable bonds is 8. The lowest BCUT2D eigenvalue weighted by Crippen LogP contribution is -2.40. The molecule has 1 aliphatic carbocycles. The molecule has 88 valence electrons. The average molecular weight is 215 g/mol. The Balaban J connectivity index is 2.41. The maximum atomic E-state index is 10.9. The van der Waals surface area contributed by atoms with E-state index in [9.17, 15) is 4.79 Å². The molecule has 1 saturated carbocycles. The molecule has 1 unspecified atom stereocenters. The minimum absolute atomic E-state index is 0.460. The van der Waals surface area contributed by atoms with Crippen molar-refractivity contribution in [2.45, 2.75) is 45.3 Å². The lowest BCUT2D eigenvalue weighted by atomic mass is 10.3. The Kier molecular flexibility index (Phi) is 5.05. The first kappa shape index (κ1) is 12.5. The number of carbonyl (C=O) groups is 1. The van der Waals surface area contributed by atoms with Gasteiger partial charge in [-0.3, -0.25) is 4.90 Å². The van der Waals surface area contributed by atoms with Crippen LogP contribution < -0.4 is 0 Å². The van der Waals surface area contributed by atoms with Crippen molar-refractivity contribution in [2.24, 2.45) is 0 Å². The van der Waals surface area contributed by atoms with E-state index in [2.05, 4.69) is 11.8 Å². The molecular weight excluding hydrogens is 194 g/mol. The van der Waals surface area contributed by atoms with Crippen molar-refractivity contribution >= 4 is 5.97 Å². The summed E-state index contributed by atoms with van der Waals surface area (Å²) in [5, 5.41) is 8.97. The minimum Gasteiger partial charge on any atom is -0.479 e. The van der Waals surface area contributed by atoms with E-state index < -0.39 is 12.1 Å². The Hall–Kier alpha value is -0.610. The van der Waals surface area contributed by atoms with Crippen molar-refractivity contribution in [2.75, 3.05) is 19.7 Å². The van der Waals surface area contributed by atoms with Crippen LogP contribution in [0.25, 0.3) is 0 Å². The quantitative estimate of drug-likeness (QED) is 0.664. The molecule has 1 atom stereocenters. The van der Waals surface area contributed by atoms with Crippen LogP contribution in [0.15, 0.2) is 0 Å². The Morgan fingerprint density at radius 2 is 2.20 bits per heavy atom. The maximum Gasteiger partial charge on any atom is 0.334 e. The second kappa shape index (κ2) is 6.08. The summed E-state index contributed by atoms with van der Waals surface area (Å²) in [5.74, 6) is -0.849. The molecule has 15 heavy (non-hydrogen) atoms. The normalized spacial score (nSPS) is 18.1. The van der Waals surface area contributed by atoms with Crippen molar-refractivity contribution in [1.29, 1.82) is 0 Å². The lowest BCUT2D eigenvalue weighted by molar-refractivity contribution is -0.151. The topological polar surface area (TPSA) is 49.8 Å². The van der Waals surface area contributed by atoms with Crippen LogP contribution in [-0.2, 0) is 9.53 Å². The predicted molar refractivity (Wildman–Crippen MR) is 57.9 cm³/mol. The molecule has 1 fully saturated rings. The molecule has 0 heterocycles. The smallest absolute Gasteiger partial charge is 0.334 e. The second-order valence-electron chi connectivity index (χ2n) is 4.01. The van der Waals surface area contributed by atoms with E-state index in [-0.39, 0.29) is 0 Å². The van der Waals surface area contributed by atoms with Gasteiger partial charge in [0, 0.05) is 19.2 Å². The molecule has 1 N–H and O–H groups in total. The highest BCUT2D eigenvalue weighted by atomic mass is 16.5. The molecule has 0 aromatic heterocycles. The third kappa shape index (κ3) is 4.18. The standard InChI is InChI=1S/C11H21NO3/c1-3-7-12(9-5-6-9)8-10(11(13)14)15-4-2/h9-10H,3-8H2,1-2H3,(H,13,14). The van der Waals surface area contributed by atoms with Gasteiger partial charge in [-0.05, 0) is 32.7 Å². The fourth-order valence-corrected chi connectivity index (χ4v) is 1.77. The number of carboxylic acids is 1. The van der Waals surface area contributed by atoms with Crippen LogP contribution in [0.4, 0.5) is 0 Å². The third-order valence-electron chi connectivity index (χ3n) is 2.62. The average Bonchev–Trinajstić information content (AvgIpc) is 2.99. The molecule has 1 rings (SSSR count). The van der Waals surface area contributed by atoms with Gasteiger partial charge >= 0.3 is 5.97 Å². The van der Waals surface area contributed by atoms with Crippen LogP contribution in [0.3, 0.4) is 0 Å². The van der Waals surface area contributed by atoms with Crippen LogP contribution in [0, 0.1) is 0 Å². The van der Waals surface area contributed by atoms with Gasteiger partial charge in [0.05, 0.1) is 0 Å². The van der Waals surface area contributed by atoms with Crippen LogP contribution in [0.1, 0.15) is 33.1 Å². The fourth-order valence-electron chi connectivity index (χ4n) is 1.77. The van der Waals surface area contributed by atoms with Gasteiger partial charge in [-0.1, -0.05) is 6.92 Å². The zero-order valence-corrected chi connectivity index (χ0v) is 9.61. The number of carboxylic acid groups (broad SMARTS) is 1. The first-order chi connectivity index (χ1) is 7.19. The molecule has 0 saturated heterocycles. The Bertz CT molecular complexity index is 204. The first-order valence-corrected chi connectivity index (χ1v) is 5.77. The molecule has 0 bridgehead atoms. The van der Waals surface area contributed by atoms with Crippen molar-refractivity contribution in [3.63, 3.8) is 0 Å². The first-order valence-electron chi connectivity index (χ1n) is 5.77. The van der Waals surface area contributed by atoms with Crippen LogP contribution >= 0.6 is 0 Å². The summed E-state index contributed by atoms with van der Waals surface area (Å²) in [6, 6.07) is 0.604. The van der Waals surface area contributed by atoms with E-state index in [0.717, 1.165) is 13.0 Å². The zero-order chi connectivity index (χ0) is 11.3. The van der Waals surface area contributed by atoms with E-state index in [4.69, 9.17) is 9.84 Å². The number of hydrogen-bond acceptors (Lipinski definition) is 3. The van der Waals surface area contributed by atoms with Crippen LogP contribution in [0.2, 0.25) is 0 Å². The molecule has 4 nitrogen and oxygen atoms in total. The monoisotopic (exact) mass is 215 g/mol. The van der Waals surface area contributed by atoms with E-state index in [0.29, 0.717) is 19.2 Å². The highest BCUT2D eigenvalue weighted by Gasteiger charge is 2.31. The van der Waals surface area contributed by atoms with Crippen molar-refractivity contribution in [3.8, 4) is 0 Å². The van der Waals surface area contributed by atoms with E-state index in [1.54, 1.807) is 0 Å². The largest absolute Gasteiger partial charge is 0.479 e. The SMILES string of the molecule is CCCN(CC(OCC)C(=O)O)C1CC1. The van der Waals surface area contributed by atoms with Gasteiger partial charge in [-0.15, -0.1) is 0 Å². The van der Waals surface area contributed by atoms with Crippen molar-refractivity contribution in [1.82, 2.24) is 4.90 Å². The number of aliphatic carboxylic acids is 1. The Morgan fingerprint density at radius 1 is 1.53 bits per heavy atom. The van der Waals surface area contributed by atoms with Gasteiger partial charge in [0.15, 0.2) is 6.10 Å². The minimum atomic E-state index is -0.849. The number of nitrogens with zero attached hydrogens (tertiary/aromatic N) is 1. The highest BCUT2D eigenvalue weighted by Crippen LogP contribution is 2.27. The molecule has 0 aromatic rings. The summed E-state index contributed by atoms with van der Waals surface area (Å²) in [5.41, 5.74) is 0. The molecule has 0 spiro atoms.